The zero-order chi connectivity index (χ0) is 12.6. The third-order valence-electron chi connectivity index (χ3n) is 2.98. The van der Waals surface area contributed by atoms with Crippen molar-refractivity contribution in [2.24, 2.45) is 5.92 Å². The van der Waals surface area contributed by atoms with E-state index in [4.69, 9.17) is 4.74 Å². The van der Waals surface area contributed by atoms with Crippen molar-refractivity contribution in [2.45, 2.75) is 33.3 Å². The van der Waals surface area contributed by atoms with Gasteiger partial charge >= 0.3 is 5.97 Å². The second-order valence-electron chi connectivity index (χ2n) is 4.72. The summed E-state index contributed by atoms with van der Waals surface area (Å²) in [4.78, 5) is 23.9. The Morgan fingerprint density at radius 2 is 2.12 bits per heavy atom. The fourth-order valence-corrected chi connectivity index (χ4v) is 2.24. The molecule has 0 radical (unpaired) electrons. The Morgan fingerprint density at radius 3 is 2.71 bits per heavy atom. The molecule has 0 saturated carbocycles. The quantitative estimate of drug-likeness (QED) is 0.580. The molecule has 3 nitrogen and oxygen atoms in total. The highest BCUT2D eigenvalue weighted by atomic mass is 16.5. The van der Waals surface area contributed by atoms with E-state index in [1.54, 1.807) is 13.8 Å². The Kier molecular flexibility index (Phi) is 3.01. The van der Waals surface area contributed by atoms with Gasteiger partial charge in [-0.2, -0.15) is 0 Å². The van der Waals surface area contributed by atoms with Crippen LogP contribution in [0, 0.1) is 12.8 Å². The molecule has 0 bridgehead atoms. The monoisotopic (exact) mass is 232 g/mol. The lowest BCUT2D eigenvalue weighted by Crippen LogP contribution is -2.25. The Labute approximate surface area is 101 Å². The number of carbonyl (C=O) groups is 2. The van der Waals surface area contributed by atoms with E-state index in [0.29, 0.717) is 12.0 Å². The molecule has 0 saturated heterocycles. The summed E-state index contributed by atoms with van der Waals surface area (Å²) in [7, 11) is 0. The van der Waals surface area contributed by atoms with Crippen LogP contribution in [0.25, 0.3) is 0 Å². The standard InChI is InChI=1S/C14H16O3/c1-8(2)17-14(16)11-7-10-6-4-5-9(3)12(10)13(11)15/h4-6,8,11H,7H2,1-3H3. The molecule has 1 aromatic rings. The Bertz CT molecular complexity index is 474. The van der Waals surface area contributed by atoms with E-state index < -0.39 is 11.9 Å². The van der Waals surface area contributed by atoms with Crippen LogP contribution in [0.15, 0.2) is 18.2 Å². The molecule has 1 unspecified atom stereocenters. The predicted octanol–water partition coefficient (Wildman–Crippen LogP) is 2.30. The van der Waals surface area contributed by atoms with Crippen LogP contribution in [0.2, 0.25) is 0 Å². The Morgan fingerprint density at radius 1 is 1.41 bits per heavy atom. The van der Waals surface area contributed by atoms with Gasteiger partial charge in [0.15, 0.2) is 5.78 Å². The largest absolute Gasteiger partial charge is 0.462 e. The van der Waals surface area contributed by atoms with Gasteiger partial charge in [0.2, 0.25) is 0 Å². The number of esters is 1. The molecule has 0 heterocycles. The topological polar surface area (TPSA) is 43.4 Å². The summed E-state index contributed by atoms with van der Waals surface area (Å²) in [6.07, 6.45) is 0.293. The summed E-state index contributed by atoms with van der Waals surface area (Å²) in [5.74, 6) is -1.14. The van der Waals surface area contributed by atoms with Crippen molar-refractivity contribution in [2.75, 3.05) is 0 Å². The van der Waals surface area contributed by atoms with Gasteiger partial charge in [0.25, 0.3) is 0 Å². The third-order valence-corrected chi connectivity index (χ3v) is 2.98. The molecule has 2 rings (SSSR count). The van der Waals surface area contributed by atoms with Gasteiger partial charge in [-0.15, -0.1) is 0 Å². The van der Waals surface area contributed by atoms with E-state index in [-0.39, 0.29) is 11.9 Å². The van der Waals surface area contributed by atoms with Crippen molar-refractivity contribution in [3.8, 4) is 0 Å². The average Bonchev–Trinajstić information content (AvgIpc) is 2.56. The molecule has 0 spiro atoms. The summed E-state index contributed by atoms with van der Waals surface area (Å²) in [5, 5.41) is 0. The van der Waals surface area contributed by atoms with Crippen molar-refractivity contribution in [1.29, 1.82) is 0 Å². The number of ether oxygens (including phenoxy) is 1. The molecule has 0 aromatic heterocycles. The second kappa shape index (κ2) is 4.32. The van der Waals surface area contributed by atoms with Crippen LogP contribution in [0.3, 0.4) is 0 Å². The number of rotatable bonds is 2. The number of carbonyl (C=O) groups excluding carboxylic acids is 2. The minimum absolute atomic E-state index is 0.0937. The van der Waals surface area contributed by atoms with Crippen molar-refractivity contribution >= 4 is 11.8 Å². The SMILES string of the molecule is Cc1cccc2c1C(=O)C(C(=O)OC(C)C)C2. The van der Waals surface area contributed by atoms with Crippen LogP contribution >= 0.6 is 0 Å². The zero-order valence-corrected chi connectivity index (χ0v) is 10.3. The van der Waals surface area contributed by atoms with E-state index >= 15 is 0 Å². The van der Waals surface area contributed by atoms with Crippen LogP contribution in [0.1, 0.15) is 35.3 Å². The minimum Gasteiger partial charge on any atom is -0.462 e. The molecule has 1 atom stereocenters. The van der Waals surface area contributed by atoms with Crippen LogP contribution in [0.5, 0.6) is 0 Å². The van der Waals surface area contributed by atoms with Crippen molar-refractivity contribution in [3.63, 3.8) is 0 Å². The molecule has 1 aromatic carbocycles. The molecule has 0 aliphatic heterocycles. The first-order valence-corrected chi connectivity index (χ1v) is 5.84. The molecule has 90 valence electrons. The van der Waals surface area contributed by atoms with E-state index in [0.717, 1.165) is 11.1 Å². The number of aryl methyl sites for hydroxylation is 1. The molecular formula is C14H16O3. The third kappa shape index (κ3) is 2.09. The van der Waals surface area contributed by atoms with Crippen molar-refractivity contribution in [3.05, 3.63) is 34.9 Å². The lowest BCUT2D eigenvalue weighted by Gasteiger charge is -2.11. The molecule has 0 amide bonds. The summed E-state index contributed by atoms with van der Waals surface area (Å²) in [5.41, 5.74) is 2.60. The van der Waals surface area contributed by atoms with Gasteiger partial charge in [-0.1, -0.05) is 18.2 Å². The number of ketones is 1. The maximum atomic E-state index is 12.1. The second-order valence-corrected chi connectivity index (χ2v) is 4.72. The Balaban J connectivity index is 2.26. The summed E-state index contributed by atoms with van der Waals surface area (Å²) < 4.78 is 5.12. The fourth-order valence-electron chi connectivity index (χ4n) is 2.24. The molecular weight excluding hydrogens is 216 g/mol. The number of fused-ring (bicyclic) bond motifs is 1. The molecule has 17 heavy (non-hydrogen) atoms. The summed E-state index contributed by atoms with van der Waals surface area (Å²) >= 11 is 0. The van der Waals surface area contributed by atoms with Crippen LogP contribution < -0.4 is 0 Å². The van der Waals surface area contributed by atoms with E-state index in [1.807, 2.05) is 25.1 Å². The lowest BCUT2D eigenvalue weighted by atomic mass is 10.0. The van der Waals surface area contributed by atoms with Crippen LogP contribution in [-0.2, 0) is 16.0 Å². The van der Waals surface area contributed by atoms with E-state index in [1.165, 1.54) is 0 Å². The van der Waals surface area contributed by atoms with Gasteiger partial charge in [-0.05, 0) is 38.3 Å². The number of Topliss-reactive ketones (excluding diaryl/α,β-unsaturated/α-hetero) is 1. The maximum Gasteiger partial charge on any atom is 0.317 e. The lowest BCUT2D eigenvalue weighted by molar-refractivity contribution is -0.150. The normalized spacial score (nSPS) is 18.4. The highest BCUT2D eigenvalue weighted by Crippen LogP contribution is 2.30. The summed E-state index contributed by atoms with van der Waals surface area (Å²) in [6.45, 7) is 5.47. The van der Waals surface area contributed by atoms with Gasteiger partial charge < -0.3 is 4.74 Å². The molecule has 0 fully saturated rings. The highest BCUT2D eigenvalue weighted by molar-refractivity contribution is 6.13. The van der Waals surface area contributed by atoms with E-state index in [9.17, 15) is 9.59 Å². The van der Waals surface area contributed by atoms with E-state index in [2.05, 4.69) is 0 Å². The number of hydrogen-bond donors (Lipinski definition) is 0. The predicted molar refractivity (Wildman–Crippen MR) is 63.9 cm³/mol. The molecule has 3 heteroatoms. The first kappa shape index (κ1) is 11.8. The van der Waals surface area contributed by atoms with Gasteiger partial charge in [-0.25, -0.2) is 0 Å². The van der Waals surface area contributed by atoms with Gasteiger partial charge in [0.05, 0.1) is 6.10 Å². The summed E-state index contributed by atoms with van der Waals surface area (Å²) in [6, 6.07) is 5.72. The minimum atomic E-state index is -0.645. The van der Waals surface area contributed by atoms with Crippen molar-refractivity contribution in [1.82, 2.24) is 0 Å². The number of benzene rings is 1. The van der Waals surface area contributed by atoms with Crippen molar-refractivity contribution < 1.29 is 14.3 Å². The Hall–Kier alpha value is -1.64. The average molecular weight is 232 g/mol. The zero-order valence-electron chi connectivity index (χ0n) is 10.3. The first-order valence-electron chi connectivity index (χ1n) is 5.84. The molecule has 1 aliphatic carbocycles. The van der Waals surface area contributed by atoms with Gasteiger partial charge in [0, 0.05) is 5.56 Å². The molecule has 1 aliphatic rings. The first-order chi connectivity index (χ1) is 8.00. The van der Waals surface area contributed by atoms with Gasteiger partial charge in [-0.3, -0.25) is 9.59 Å². The van der Waals surface area contributed by atoms with Crippen LogP contribution in [-0.4, -0.2) is 17.9 Å². The van der Waals surface area contributed by atoms with Crippen LogP contribution in [0.4, 0.5) is 0 Å². The maximum absolute atomic E-state index is 12.1. The smallest absolute Gasteiger partial charge is 0.317 e. The number of hydrogen-bond acceptors (Lipinski definition) is 3. The molecule has 0 N–H and O–H groups in total. The highest BCUT2D eigenvalue weighted by Gasteiger charge is 2.37. The van der Waals surface area contributed by atoms with Gasteiger partial charge in [0.1, 0.15) is 5.92 Å². The fraction of sp³-hybridized carbons (Fsp3) is 0.429.